The van der Waals surface area contributed by atoms with Crippen LogP contribution in [0, 0.1) is 0 Å². The molecular weight excluding hydrogens is 328 g/mol. The van der Waals surface area contributed by atoms with E-state index >= 15 is 0 Å². The maximum Gasteiger partial charge on any atom is 0.274 e. The van der Waals surface area contributed by atoms with Crippen LogP contribution in [0.3, 0.4) is 0 Å². The normalized spacial score (nSPS) is 14.5. The van der Waals surface area contributed by atoms with E-state index in [1.165, 1.54) is 12.1 Å². The summed E-state index contributed by atoms with van der Waals surface area (Å²) < 4.78 is 0. The molecule has 1 aromatic heterocycles. The molecule has 0 saturated carbocycles. The van der Waals surface area contributed by atoms with Crippen LogP contribution in [0.15, 0.2) is 46.1 Å². The summed E-state index contributed by atoms with van der Waals surface area (Å²) in [5, 5.41) is 6.00. The summed E-state index contributed by atoms with van der Waals surface area (Å²) in [6, 6.07) is 9.81. The minimum Gasteiger partial charge on any atom is -0.335 e. The van der Waals surface area contributed by atoms with Gasteiger partial charge in [-0.1, -0.05) is 12.1 Å². The third-order valence-electron chi connectivity index (χ3n) is 3.89. The summed E-state index contributed by atoms with van der Waals surface area (Å²) in [7, 11) is 0. The number of amides is 2. The van der Waals surface area contributed by atoms with Gasteiger partial charge in [0.15, 0.2) is 0 Å². The highest BCUT2D eigenvalue weighted by atomic mass is 32.1. The quantitative estimate of drug-likeness (QED) is 0.784. The van der Waals surface area contributed by atoms with Crippen LogP contribution in [0.5, 0.6) is 0 Å². The second kappa shape index (κ2) is 6.88. The van der Waals surface area contributed by atoms with Gasteiger partial charge in [-0.3, -0.25) is 14.4 Å². The van der Waals surface area contributed by atoms with Crippen molar-refractivity contribution in [2.45, 2.75) is 4.90 Å². The summed E-state index contributed by atoms with van der Waals surface area (Å²) in [5.41, 5.74) is 0.394. The molecule has 2 aromatic rings. The largest absolute Gasteiger partial charge is 0.335 e. The Labute approximate surface area is 143 Å². The first kappa shape index (κ1) is 16.3. The van der Waals surface area contributed by atoms with Gasteiger partial charge in [-0.15, -0.1) is 12.6 Å². The van der Waals surface area contributed by atoms with Gasteiger partial charge in [-0.05, 0) is 18.2 Å². The standard InChI is InChI=1S/C16H16N4O3S/c21-14-6-5-12(17-18-14)16(23)20-9-7-19(8-10-20)15(22)11-3-1-2-4-13(11)24/h1-6,24H,7-10H2,(H,18,21). The van der Waals surface area contributed by atoms with Crippen molar-refractivity contribution in [2.24, 2.45) is 0 Å². The molecule has 0 radical (unpaired) electrons. The first-order valence-corrected chi connectivity index (χ1v) is 7.93. The number of hydrogen-bond acceptors (Lipinski definition) is 5. The Morgan fingerprint density at radius 3 is 2.17 bits per heavy atom. The van der Waals surface area contributed by atoms with Crippen molar-refractivity contribution in [1.29, 1.82) is 0 Å². The fraction of sp³-hybridized carbons (Fsp3) is 0.250. The van der Waals surface area contributed by atoms with Gasteiger partial charge >= 0.3 is 0 Å². The van der Waals surface area contributed by atoms with E-state index < -0.39 is 0 Å². The highest BCUT2D eigenvalue weighted by molar-refractivity contribution is 7.80. The van der Waals surface area contributed by atoms with Crippen LogP contribution >= 0.6 is 12.6 Å². The molecule has 0 spiro atoms. The van der Waals surface area contributed by atoms with E-state index in [9.17, 15) is 14.4 Å². The average Bonchev–Trinajstić information content (AvgIpc) is 2.62. The lowest BCUT2D eigenvalue weighted by Crippen LogP contribution is -2.50. The minimum atomic E-state index is -0.354. The molecule has 0 atom stereocenters. The Hall–Kier alpha value is -2.61. The fourth-order valence-electron chi connectivity index (χ4n) is 2.56. The second-order valence-electron chi connectivity index (χ2n) is 5.41. The summed E-state index contributed by atoms with van der Waals surface area (Å²) in [6.45, 7) is 1.71. The van der Waals surface area contributed by atoms with Crippen molar-refractivity contribution >= 4 is 24.4 Å². The summed E-state index contributed by atoms with van der Waals surface area (Å²) in [6.07, 6.45) is 0. The summed E-state index contributed by atoms with van der Waals surface area (Å²) in [4.78, 5) is 39.8. The van der Waals surface area contributed by atoms with Crippen LogP contribution in [-0.4, -0.2) is 58.0 Å². The van der Waals surface area contributed by atoms with E-state index in [0.29, 0.717) is 36.6 Å². The molecule has 1 aliphatic heterocycles. The topological polar surface area (TPSA) is 86.4 Å². The number of H-pyrrole nitrogens is 1. The lowest BCUT2D eigenvalue weighted by Gasteiger charge is -2.34. The number of nitrogens with one attached hydrogen (secondary N) is 1. The molecule has 0 unspecified atom stereocenters. The molecule has 2 amide bonds. The van der Waals surface area contributed by atoms with Gasteiger partial charge in [0.2, 0.25) is 0 Å². The maximum atomic E-state index is 12.5. The summed E-state index contributed by atoms with van der Waals surface area (Å²) >= 11 is 4.31. The summed E-state index contributed by atoms with van der Waals surface area (Å²) in [5.74, 6) is -0.345. The number of hydrogen-bond donors (Lipinski definition) is 2. The molecule has 8 heteroatoms. The number of rotatable bonds is 2. The zero-order valence-electron chi connectivity index (χ0n) is 12.8. The van der Waals surface area contributed by atoms with Gasteiger partial charge < -0.3 is 9.80 Å². The number of aromatic nitrogens is 2. The van der Waals surface area contributed by atoms with Crippen LogP contribution in [0.4, 0.5) is 0 Å². The Morgan fingerprint density at radius 1 is 0.958 bits per heavy atom. The van der Waals surface area contributed by atoms with Crippen molar-refractivity contribution in [1.82, 2.24) is 20.0 Å². The number of piperazine rings is 1. The van der Waals surface area contributed by atoms with Crippen LogP contribution in [-0.2, 0) is 0 Å². The van der Waals surface area contributed by atoms with Gasteiger partial charge in [0, 0.05) is 37.1 Å². The Morgan fingerprint density at radius 2 is 1.58 bits per heavy atom. The molecule has 124 valence electrons. The fourth-order valence-corrected chi connectivity index (χ4v) is 2.82. The SMILES string of the molecule is O=C(c1ccc(=O)[nH]n1)N1CCN(C(=O)c2ccccc2S)CC1. The van der Waals surface area contributed by atoms with Crippen molar-refractivity contribution < 1.29 is 9.59 Å². The number of benzene rings is 1. The van der Waals surface area contributed by atoms with Gasteiger partial charge in [0.25, 0.3) is 17.4 Å². The molecule has 0 bridgehead atoms. The maximum absolute atomic E-state index is 12.5. The predicted octanol–water partition coefficient (Wildman–Crippen LogP) is 0.657. The molecule has 1 aliphatic rings. The Bertz CT molecular complexity index is 808. The number of thiol groups is 1. The molecule has 1 saturated heterocycles. The first-order chi connectivity index (χ1) is 11.6. The third kappa shape index (κ3) is 3.33. The molecule has 3 rings (SSSR count). The van der Waals surface area contributed by atoms with E-state index in [1.807, 2.05) is 6.07 Å². The Balaban J connectivity index is 1.64. The van der Waals surface area contributed by atoms with Gasteiger partial charge in [0.1, 0.15) is 5.69 Å². The van der Waals surface area contributed by atoms with Crippen molar-refractivity contribution in [3.63, 3.8) is 0 Å². The zero-order chi connectivity index (χ0) is 17.1. The van der Waals surface area contributed by atoms with Crippen molar-refractivity contribution in [2.75, 3.05) is 26.2 Å². The predicted molar refractivity (Wildman–Crippen MR) is 90.4 cm³/mol. The lowest BCUT2D eigenvalue weighted by molar-refractivity contribution is 0.0529. The second-order valence-corrected chi connectivity index (χ2v) is 5.89. The number of carbonyl (C=O) groups excluding carboxylic acids is 2. The highest BCUT2D eigenvalue weighted by Crippen LogP contribution is 2.17. The van der Waals surface area contributed by atoms with Crippen LogP contribution in [0.25, 0.3) is 0 Å². The first-order valence-electron chi connectivity index (χ1n) is 7.48. The zero-order valence-corrected chi connectivity index (χ0v) is 13.7. The smallest absolute Gasteiger partial charge is 0.274 e. The van der Waals surface area contributed by atoms with Crippen molar-refractivity contribution in [3.8, 4) is 0 Å². The molecule has 1 fully saturated rings. The molecule has 7 nitrogen and oxygen atoms in total. The molecule has 1 aromatic carbocycles. The Kier molecular flexibility index (Phi) is 4.66. The molecule has 24 heavy (non-hydrogen) atoms. The third-order valence-corrected chi connectivity index (χ3v) is 4.28. The van der Waals surface area contributed by atoms with Crippen molar-refractivity contribution in [3.05, 3.63) is 58.0 Å². The van der Waals surface area contributed by atoms with Gasteiger partial charge in [-0.2, -0.15) is 5.10 Å². The molecule has 0 aliphatic carbocycles. The van der Waals surface area contributed by atoms with Crippen LogP contribution in [0.2, 0.25) is 0 Å². The number of nitrogens with zero attached hydrogens (tertiary/aromatic N) is 3. The average molecular weight is 344 g/mol. The molecular formula is C16H16N4O3S. The van der Waals surface area contributed by atoms with Gasteiger partial charge in [-0.25, -0.2) is 5.10 Å². The van der Waals surface area contributed by atoms with Crippen LogP contribution < -0.4 is 5.56 Å². The van der Waals surface area contributed by atoms with E-state index in [2.05, 4.69) is 22.8 Å². The molecule has 1 N–H and O–H groups in total. The van der Waals surface area contributed by atoms with E-state index in [-0.39, 0.29) is 23.1 Å². The van der Waals surface area contributed by atoms with E-state index in [4.69, 9.17) is 0 Å². The van der Waals surface area contributed by atoms with E-state index in [1.54, 1.807) is 28.0 Å². The lowest BCUT2D eigenvalue weighted by atomic mass is 10.1. The minimum absolute atomic E-state index is 0.0881. The number of carbonyl (C=O) groups is 2. The van der Waals surface area contributed by atoms with Gasteiger partial charge in [0.05, 0.1) is 5.56 Å². The molecule has 2 heterocycles. The van der Waals surface area contributed by atoms with Crippen LogP contribution in [0.1, 0.15) is 20.8 Å². The van der Waals surface area contributed by atoms with E-state index in [0.717, 1.165) is 0 Å². The number of aromatic amines is 1. The highest BCUT2D eigenvalue weighted by Gasteiger charge is 2.26. The monoisotopic (exact) mass is 344 g/mol.